The van der Waals surface area contributed by atoms with Gasteiger partial charge < -0.3 is 0 Å². The summed E-state index contributed by atoms with van der Waals surface area (Å²) >= 11 is 0. The Morgan fingerprint density at radius 2 is 1.33 bits per heavy atom. The lowest BCUT2D eigenvalue weighted by Crippen LogP contribution is -2.25. The van der Waals surface area contributed by atoms with E-state index in [0.717, 1.165) is 23.7 Å². The van der Waals surface area contributed by atoms with Crippen LogP contribution in [-0.4, -0.2) is 0 Å². The van der Waals surface area contributed by atoms with Crippen molar-refractivity contribution in [3.63, 3.8) is 0 Å². The smallest absolute Gasteiger partial charge is 0.0795 e. The molecule has 0 unspecified atom stereocenters. The molecular weight excluding hydrogens is 223 g/mol. The van der Waals surface area contributed by atoms with Crippen LogP contribution in [0.3, 0.4) is 0 Å². The Bertz CT molecular complexity index is 208. The van der Waals surface area contributed by atoms with Crippen LogP contribution >= 0.6 is 0 Å². The van der Waals surface area contributed by atoms with Crippen LogP contribution in [0.4, 0.5) is 4.39 Å². The third-order valence-corrected chi connectivity index (χ3v) is 5.20. The molecular formula is C17H31F. The molecule has 0 spiro atoms. The molecule has 2 saturated carbocycles. The van der Waals surface area contributed by atoms with Crippen molar-refractivity contribution in [2.75, 3.05) is 0 Å². The minimum absolute atomic E-state index is 0.250. The van der Waals surface area contributed by atoms with E-state index in [-0.39, 0.29) is 6.33 Å². The molecule has 0 aliphatic heterocycles. The number of rotatable bonds is 2. The quantitative estimate of drug-likeness (QED) is 0.556. The molecule has 2 aliphatic carbocycles. The summed E-state index contributed by atoms with van der Waals surface area (Å²) in [6.07, 6.45) is 14.0. The summed E-state index contributed by atoms with van der Waals surface area (Å²) in [6, 6.07) is 0. The molecule has 0 N–H and O–H groups in total. The van der Waals surface area contributed by atoms with E-state index in [1.807, 2.05) is 0 Å². The van der Waals surface area contributed by atoms with E-state index < -0.39 is 0 Å². The van der Waals surface area contributed by atoms with Crippen LogP contribution in [0, 0.1) is 23.7 Å². The van der Waals surface area contributed by atoms with Gasteiger partial charge >= 0.3 is 0 Å². The molecule has 0 saturated heterocycles. The third kappa shape index (κ3) is 5.12. The van der Waals surface area contributed by atoms with Gasteiger partial charge in [0.1, 0.15) is 0 Å². The van der Waals surface area contributed by atoms with E-state index in [1.165, 1.54) is 32.1 Å². The molecule has 0 amide bonds. The first-order valence-corrected chi connectivity index (χ1v) is 7.92. The highest BCUT2D eigenvalue weighted by molar-refractivity contribution is 4.80. The molecule has 0 heterocycles. The minimum Gasteiger partial charge on any atom is -0.216 e. The molecule has 106 valence electrons. The molecule has 2 aliphatic rings. The normalized spacial score (nSPS) is 36.4. The highest BCUT2D eigenvalue weighted by atomic mass is 19.1. The van der Waals surface area contributed by atoms with E-state index in [1.54, 1.807) is 25.7 Å². The van der Waals surface area contributed by atoms with E-state index in [0.29, 0.717) is 0 Å². The van der Waals surface area contributed by atoms with Crippen LogP contribution in [0.1, 0.15) is 71.6 Å². The molecule has 2 rings (SSSR count). The third-order valence-electron chi connectivity index (χ3n) is 5.20. The predicted octanol–water partition coefficient (Wildman–Crippen LogP) is 6.13. The van der Waals surface area contributed by atoms with Crippen molar-refractivity contribution >= 4 is 0 Å². The second-order valence-electron chi connectivity index (χ2n) is 6.36. The molecule has 0 bridgehead atoms. The summed E-state index contributed by atoms with van der Waals surface area (Å²) in [6.45, 7) is 7.50. The lowest BCUT2D eigenvalue weighted by atomic mass is 9.69. The Kier molecular flexibility index (Phi) is 7.62. The van der Waals surface area contributed by atoms with Crippen LogP contribution in [0.25, 0.3) is 0 Å². The first-order chi connectivity index (χ1) is 8.71. The van der Waals surface area contributed by atoms with Crippen molar-refractivity contribution in [2.24, 2.45) is 23.7 Å². The maximum atomic E-state index is 10.1. The summed E-state index contributed by atoms with van der Waals surface area (Å²) in [4.78, 5) is 0. The summed E-state index contributed by atoms with van der Waals surface area (Å²) in [5.41, 5.74) is 0. The average Bonchev–Trinajstić information content (AvgIpc) is 2.41. The van der Waals surface area contributed by atoms with Gasteiger partial charge in [-0.1, -0.05) is 52.5 Å². The fourth-order valence-electron chi connectivity index (χ4n) is 3.83. The fraction of sp³-hybridized carbons (Fsp3) is 0.882. The van der Waals surface area contributed by atoms with Gasteiger partial charge in [0.2, 0.25) is 0 Å². The molecule has 0 aromatic rings. The molecule has 2 fully saturated rings. The molecule has 18 heavy (non-hydrogen) atoms. The lowest BCUT2D eigenvalue weighted by Gasteiger charge is -2.37. The molecule has 0 nitrogen and oxygen atoms in total. The van der Waals surface area contributed by atoms with Gasteiger partial charge in [-0.15, -0.1) is 0 Å². The van der Waals surface area contributed by atoms with Gasteiger partial charge in [-0.05, 0) is 49.4 Å². The summed E-state index contributed by atoms with van der Waals surface area (Å²) in [5.74, 6) is 4.32. The SMILES string of the molecule is C=CF.CCC1CCC(C2CCC(C)CC2)CC1. The molecule has 1 heteroatoms. The van der Waals surface area contributed by atoms with Gasteiger partial charge in [-0.2, -0.15) is 0 Å². The van der Waals surface area contributed by atoms with E-state index in [2.05, 4.69) is 20.4 Å². The van der Waals surface area contributed by atoms with Crippen molar-refractivity contribution in [3.8, 4) is 0 Å². The number of hydrogen-bond donors (Lipinski definition) is 0. The van der Waals surface area contributed by atoms with Crippen molar-refractivity contribution in [1.29, 1.82) is 0 Å². The molecule has 0 atom stereocenters. The second kappa shape index (κ2) is 8.72. The van der Waals surface area contributed by atoms with Gasteiger partial charge in [0.15, 0.2) is 0 Å². The Morgan fingerprint density at radius 1 is 0.944 bits per heavy atom. The van der Waals surface area contributed by atoms with Crippen molar-refractivity contribution in [3.05, 3.63) is 12.9 Å². The van der Waals surface area contributed by atoms with Crippen molar-refractivity contribution in [1.82, 2.24) is 0 Å². The number of halogens is 1. The van der Waals surface area contributed by atoms with E-state index >= 15 is 0 Å². The second-order valence-corrected chi connectivity index (χ2v) is 6.36. The Labute approximate surface area is 113 Å². The first kappa shape index (κ1) is 15.7. The Balaban J connectivity index is 0.000000492. The van der Waals surface area contributed by atoms with Gasteiger partial charge in [0.25, 0.3) is 0 Å². The van der Waals surface area contributed by atoms with Crippen LogP contribution < -0.4 is 0 Å². The van der Waals surface area contributed by atoms with Gasteiger partial charge in [0.05, 0.1) is 6.33 Å². The molecule has 0 aromatic heterocycles. The predicted molar refractivity (Wildman–Crippen MR) is 78.2 cm³/mol. The van der Waals surface area contributed by atoms with Gasteiger partial charge in [-0.25, -0.2) is 4.39 Å². The summed E-state index contributed by atoms with van der Waals surface area (Å²) in [5, 5.41) is 0. The Hall–Kier alpha value is -0.330. The standard InChI is InChI=1S/C15H28.C2H3F/c1-3-13-6-10-15(11-7-13)14-8-4-12(2)5-9-14;1-2-3/h12-15H,3-11H2,1-2H3;2H,1H2. The minimum atomic E-state index is 0.250. The zero-order valence-electron chi connectivity index (χ0n) is 12.3. The van der Waals surface area contributed by atoms with Crippen LogP contribution in [0.5, 0.6) is 0 Å². The van der Waals surface area contributed by atoms with Gasteiger partial charge in [-0.3, -0.25) is 0 Å². The van der Waals surface area contributed by atoms with Gasteiger partial charge in [0, 0.05) is 0 Å². The fourth-order valence-corrected chi connectivity index (χ4v) is 3.83. The average molecular weight is 254 g/mol. The van der Waals surface area contributed by atoms with E-state index in [9.17, 15) is 4.39 Å². The van der Waals surface area contributed by atoms with Crippen LogP contribution in [-0.2, 0) is 0 Å². The lowest BCUT2D eigenvalue weighted by molar-refractivity contribution is 0.149. The van der Waals surface area contributed by atoms with Crippen molar-refractivity contribution < 1.29 is 4.39 Å². The number of hydrogen-bond acceptors (Lipinski definition) is 0. The van der Waals surface area contributed by atoms with Crippen LogP contribution in [0.15, 0.2) is 12.9 Å². The highest BCUT2D eigenvalue weighted by Crippen LogP contribution is 2.41. The zero-order valence-corrected chi connectivity index (χ0v) is 12.3. The summed E-state index contributed by atoms with van der Waals surface area (Å²) in [7, 11) is 0. The molecule has 0 radical (unpaired) electrons. The monoisotopic (exact) mass is 254 g/mol. The largest absolute Gasteiger partial charge is 0.216 e. The first-order valence-electron chi connectivity index (χ1n) is 7.92. The zero-order chi connectivity index (χ0) is 13.4. The van der Waals surface area contributed by atoms with E-state index in [4.69, 9.17) is 0 Å². The van der Waals surface area contributed by atoms with Crippen LogP contribution in [0.2, 0.25) is 0 Å². The Morgan fingerprint density at radius 3 is 1.72 bits per heavy atom. The molecule has 0 aromatic carbocycles. The maximum absolute atomic E-state index is 10.1. The summed E-state index contributed by atoms with van der Waals surface area (Å²) < 4.78 is 10.1. The topological polar surface area (TPSA) is 0 Å². The van der Waals surface area contributed by atoms with Crippen molar-refractivity contribution in [2.45, 2.75) is 71.6 Å². The highest BCUT2D eigenvalue weighted by Gasteiger charge is 2.29. The maximum Gasteiger partial charge on any atom is 0.0795 e.